The molecule has 0 atom stereocenters. The molecule has 20 heavy (non-hydrogen) atoms. The van der Waals surface area contributed by atoms with Gasteiger partial charge < -0.3 is 5.11 Å². The molecule has 0 aliphatic heterocycles. The van der Waals surface area contributed by atoms with E-state index in [-0.39, 0.29) is 6.61 Å². The van der Waals surface area contributed by atoms with Crippen molar-refractivity contribution < 1.29 is 18.3 Å². The van der Waals surface area contributed by atoms with Gasteiger partial charge in [0.05, 0.1) is 22.7 Å². The highest BCUT2D eigenvalue weighted by Gasteiger charge is 2.30. The third-order valence-corrected chi connectivity index (χ3v) is 3.74. The van der Waals surface area contributed by atoms with E-state index in [2.05, 4.69) is 4.98 Å². The SMILES string of the molecule is C/C=C/c1sc(-c2cccc(C(F)(F)F)c2)nc1CO. The first-order valence-corrected chi connectivity index (χ1v) is 6.68. The van der Waals surface area contributed by atoms with Gasteiger partial charge >= 0.3 is 6.18 Å². The van der Waals surface area contributed by atoms with Crippen LogP contribution in [-0.4, -0.2) is 10.1 Å². The maximum Gasteiger partial charge on any atom is 0.416 e. The van der Waals surface area contributed by atoms with Crippen LogP contribution in [0.4, 0.5) is 13.2 Å². The summed E-state index contributed by atoms with van der Waals surface area (Å²) in [4.78, 5) is 4.94. The summed E-state index contributed by atoms with van der Waals surface area (Å²) in [6, 6.07) is 5.03. The fourth-order valence-corrected chi connectivity index (χ4v) is 2.75. The highest BCUT2D eigenvalue weighted by Crippen LogP contribution is 2.34. The highest BCUT2D eigenvalue weighted by atomic mass is 32.1. The number of aromatic nitrogens is 1. The van der Waals surface area contributed by atoms with Crippen molar-refractivity contribution in [2.75, 3.05) is 0 Å². The zero-order valence-corrected chi connectivity index (χ0v) is 11.4. The van der Waals surface area contributed by atoms with E-state index in [4.69, 9.17) is 0 Å². The van der Waals surface area contributed by atoms with Crippen molar-refractivity contribution in [1.29, 1.82) is 0 Å². The lowest BCUT2D eigenvalue weighted by Crippen LogP contribution is -2.04. The van der Waals surface area contributed by atoms with Gasteiger partial charge in [0.15, 0.2) is 0 Å². The third-order valence-electron chi connectivity index (χ3n) is 2.63. The Labute approximate surface area is 118 Å². The summed E-state index contributed by atoms with van der Waals surface area (Å²) in [5.74, 6) is 0. The van der Waals surface area contributed by atoms with Crippen LogP contribution in [0.25, 0.3) is 16.6 Å². The zero-order valence-electron chi connectivity index (χ0n) is 10.6. The number of allylic oxidation sites excluding steroid dienone is 1. The topological polar surface area (TPSA) is 33.1 Å². The molecule has 0 bridgehead atoms. The minimum Gasteiger partial charge on any atom is -0.390 e. The van der Waals surface area contributed by atoms with Gasteiger partial charge in [-0.1, -0.05) is 18.2 Å². The van der Waals surface area contributed by atoms with Crippen LogP contribution in [0.15, 0.2) is 30.3 Å². The lowest BCUT2D eigenvalue weighted by Gasteiger charge is -2.07. The average molecular weight is 299 g/mol. The summed E-state index contributed by atoms with van der Waals surface area (Å²) in [6.45, 7) is 1.58. The van der Waals surface area contributed by atoms with E-state index in [0.29, 0.717) is 16.3 Å². The Balaban J connectivity index is 2.46. The molecule has 106 valence electrons. The Morgan fingerprint density at radius 1 is 1.35 bits per heavy atom. The Hall–Kier alpha value is -1.66. The molecule has 0 amide bonds. The number of halogens is 3. The fourth-order valence-electron chi connectivity index (χ4n) is 1.71. The predicted molar refractivity (Wildman–Crippen MR) is 73.2 cm³/mol. The maximum atomic E-state index is 12.7. The van der Waals surface area contributed by atoms with Crippen molar-refractivity contribution in [3.8, 4) is 10.6 Å². The van der Waals surface area contributed by atoms with Gasteiger partial charge in [-0.05, 0) is 25.1 Å². The number of hydrogen-bond acceptors (Lipinski definition) is 3. The zero-order chi connectivity index (χ0) is 14.8. The molecule has 0 saturated heterocycles. The minimum absolute atomic E-state index is 0.241. The second-order valence-corrected chi connectivity index (χ2v) is 5.10. The summed E-state index contributed by atoms with van der Waals surface area (Å²) < 4.78 is 38.1. The summed E-state index contributed by atoms with van der Waals surface area (Å²) in [6.07, 6.45) is -0.803. The van der Waals surface area contributed by atoms with E-state index in [9.17, 15) is 18.3 Å². The van der Waals surface area contributed by atoms with E-state index in [0.717, 1.165) is 17.0 Å². The molecule has 1 N–H and O–H groups in total. The van der Waals surface area contributed by atoms with Gasteiger partial charge in [0, 0.05) is 5.56 Å². The largest absolute Gasteiger partial charge is 0.416 e. The molecule has 0 radical (unpaired) electrons. The van der Waals surface area contributed by atoms with Crippen molar-refractivity contribution in [1.82, 2.24) is 4.98 Å². The van der Waals surface area contributed by atoms with E-state index >= 15 is 0 Å². The van der Waals surface area contributed by atoms with Crippen LogP contribution < -0.4 is 0 Å². The Kier molecular flexibility index (Phi) is 4.25. The number of rotatable bonds is 3. The molecule has 0 aliphatic carbocycles. The van der Waals surface area contributed by atoms with E-state index in [1.165, 1.54) is 17.4 Å². The Morgan fingerprint density at radius 2 is 2.10 bits per heavy atom. The average Bonchev–Trinajstić information content (AvgIpc) is 2.82. The molecule has 2 nitrogen and oxygen atoms in total. The van der Waals surface area contributed by atoms with Crippen LogP contribution in [0.1, 0.15) is 23.1 Å². The summed E-state index contributed by atoms with van der Waals surface area (Å²) >= 11 is 1.26. The molecular formula is C14H12F3NOS. The van der Waals surface area contributed by atoms with Gasteiger partial charge in [-0.25, -0.2) is 4.98 Å². The van der Waals surface area contributed by atoms with Crippen LogP contribution in [0.3, 0.4) is 0 Å². The lowest BCUT2D eigenvalue weighted by molar-refractivity contribution is -0.137. The van der Waals surface area contributed by atoms with Crippen LogP contribution in [-0.2, 0) is 12.8 Å². The van der Waals surface area contributed by atoms with Crippen LogP contribution in [0, 0.1) is 0 Å². The molecule has 0 aliphatic rings. The van der Waals surface area contributed by atoms with Crippen molar-refractivity contribution in [3.63, 3.8) is 0 Å². The maximum absolute atomic E-state index is 12.7. The van der Waals surface area contributed by atoms with Crippen molar-refractivity contribution >= 4 is 17.4 Å². The fraction of sp³-hybridized carbons (Fsp3) is 0.214. The van der Waals surface area contributed by atoms with Gasteiger partial charge in [0.1, 0.15) is 5.01 Å². The van der Waals surface area contributed by atoms with Gasteiger partial charge in [-0.2, -0.15) is 13.2 Å². The molecule has 0 unspecified atom stereocenters. The first-order chi connectivity index (χ1) is 9.45. The molecule has 2 rings (SSSR count). The molecule has 1 heterocycles. The number of thiazole rings is 1. The second-order valence-electron chi connectivity index (χ2n) is 4.07. The monoisotopic (exact) mass is 299 g/mol. The smallest absolute Gasteiger partial charge is 0.390 e. The van der Waals surface area contributed by atoms with Crippen molar-refractivity contribution in [2.45, 2.75) is 19.7 Å². The van der Waals surface area contributed by atoms with E-state index < -0.39 is 11.7 Å². The number of alkyl halides is 3. The Morgan fingerprint density at radius 3 is 2.70 bits per heavy atom. The van der Waals surface area contributed by atoms with Crippen LogP contribution >= 0.6 is 11.3 Å². The highest BCUT2D eigenvalue weighted by molar-refractivity contribution is 7.16. The van der Waals surface area contributed by atoms with Crippen LogP contribution in [0.5, 0.6) is 0 Å². The van der Waals surface area contributed by atoms with Gasteiger partial charge in [-0.3, -0.25) is 0 Å². The molecule has 6 heteroatoms. The van der Waals surface area contributed by atoms with Crippen molar-refractivity contribution in [2.24, 2.45) is 0 Å². The third kappa shape index (κ3) is 3.08. The van der Waals surface area contributed by atoms with E-state index in [1.54, 1.807) is 18.2 Å². The first kappa shape index (κ1) is 14.7. The summed E-state index contributed by atoms with van der Waals surface area (Å²) in [7, 11) is 0. The van der Waals surface area contributed by atoms with Crippen molar-refractivity contribution in [3.05, 3.63) is 46.5 Å². The number of benzene rings is 1. The molecule has 0 saturated carbocycles. The minimum atomic E-state index is -4.38. The molecule has 1 aromatic heterocycles. The van der Waals surface area contributed by atoms with Gasteiger partial charge in [0.25, 0.3) is 0 Å². The predicted octanol–water partition coefficient (Wildman–Crippen LogP) is 4.35. The van der Waals surface area contributed by atoms with Crippen LogP contribution in [0.2, 0.25) is 0 Å². The summed E-state index contributed by atoms with van der Waals surface area (Å²) in [5.41, 5.74) is 0.166. The molecule has 1 aromatic carbocycles. The number of aliphatic hydroxyl groups excluding tert-OH is 1. The lowest BCUT2D eigenvalue weighted by atomic mass is 10.1. The molecule has 2 aromatic rings. The number of nitrogens with zero attached hydrogens (tertiary/aromatic N) is 1. The first-order valence-electron chi connectivity index (χ1n) is 5.86. The van der Waals surface area contributed by atoms with E-state index in [1.807, 2.05) is 6.92 Å². The molecular weight excluding hydrogens is 287 g/mol. The van der Waals surface area contributed by atoms with Gasteiger partial charge in [-0.15, -0.1) is 11.3 Å². The van der Waals surface area contributed by atoms with Gasteiger partial charge in [0.2, 0.25) is 0 Å². The second kappa shape index (κ2) is 5.76. The number of hydrogen-bond donors (Lipinski definition) is 1. The number of aliphatic hydroxyl groups is 1. The Bertz CT molecular complexity index is 632. The molecule has 0 fully saturated rings. The normalized spacial score (nSPS) is 12.2. The standard InChI is InChI=1S/C14H12F3NOS/c1-2-4-12-11(8-19)18-13(20-12)9-5-3-6-10(7-9)14(15,16)17/h2-7,19H,8H2,1H3/b4-2+. The quantitative estimate of drug-likeness (QED) is 0.913. The summed E-state index contributed by atoms with van der Waals surface area (Å²) in [5, 5.41) is 9.69. The molecule has 0 spiro atoms.